The van der Waals surface area contributed by atoms with Gasteiger partial charge >= 0.3 is 11.9 Å². The van der Waals surface area contributed by atoms with E-state index in [0.29, 0.717) is 11.5 Å². The first-order valence-corrected chi connectivity index (χ1v) is 11.0. The van der Waals surface area contributed by atoms with Crippen molar-refractivity contribution in [2.45, 2.75) is 66.2 Å². The monoisotopic (exact) mass is 430 g/mol. The quantitative estimate of drug-likeness (QED) is 0.195. The number of benzene rings is 4. The molecule has 4 aromatic rings. The van der Waals surface area contributed by atoms with Gasteiger partial charge in [0.25, 0.3) is 0 Å². The van der Waals surface area contributed by atoms with Crippen molar-refractivity contribution < 1.29 is 19.1 Å². The van der Waals surface area contributed by atoms with Crippen LogP contribution in [0.5, 0.6) is 11.5 Å². The van der Waals surface area contributed by atoms with Crippen molar-refractivity contribution >= 4 is 44.3 Å². The average molecular weight is 431 g/mol. The van der Waals surface area contributed by atoms with Crippen LogP contribution >= 0.6 is 0 Å². The highest BCUT2D eigenvalue weighted by Crippen LogP contribution is 2.48. The molecule has 4 rings (SSSR count). The maximum absolute atomic E-state index is 12.0. The minimum atomic E-state index is -0.346. The third-order valence-corrected chi connectivity index (χ3v) is 5.91. The second-order valence-electron chi connectivity index (χ2n) is 10.6. The summed E-state index contributed by atoms with van der Waals surface area (Å²) in [4.78, 5) is 24.0. The summed E-state index contributed by atoms with van der Waals surface area (Å²) >= 11 is 0. The van der Waals surface area contributed by atoms with Crippen LogP contribution in [-0.4, -0.2) is 11.9 Å². The number of carbonyl (C=O) groups excluding carboxylic acids is 2. The zero-order valence-corrected chi connectivity index (χ0v) is 20.1. The van der Waals surface area contributed by atoms with Gasteiger partial charge in [-0.1, -0.05) is 53.7 Å². The third kappa shape index (κ3) is 3.58. The number of hydrogen-bond donors (Lipinski definition) is 0. The summed E-state index contributed by atoms with van der Waals surface area (Å²) in [5.74, 6) is 0.504. The molecule has 0 unspecified atom stereocenters. The van der Waals surface area contributed by atoms with Gasteiger partial charge in [-0.05, 0) is 45.9 Å². The van der Waals surface area contributed by atoms with Crippen LogP contribution in [0.1, 0.15) is 66.5 Å². The molecule has 4 heteroatoms. The highest BCUT2D eigenvalue weighted by Gasteiger charge is 2.28. The molecule has 0 aromatic heterocycles. The minimum absolute atomic E-state index is 0.211. The smallest absolute Gasteiger partial charge is 0.308 e. The Morgan fingerprint density at radius 1 is 0.625 bits per heavy atom. The van der Waals surface area contributed by atoms with E-state index in [-0.39, 0.29) is 22.8 Å². The Morgan fingerprint density at radius 3 is 1.25 bits per heavy atom. The average Bonchev–Trinajstić information content (AvgIpc) is 2.65. The molecular formula is C28H30O4. The molecule has 0 heterocycles. The van der Waals surface area contributed by atoms with E-state index < -0.39 is 0 Å². The van der Waals surface area contributed by atoms with Crippen molar-refractivity contribution in [1.82, 2.24) is 0 Å². The maximum atomic E-state index is 12.0. The fraction of sp³-hybridized carbons (Fsp3) is 0.357. The molecule has 0 fully saturated rings. The topological polar surface area (TPSA) is 52.6 Å². The molecule has 166 valence electrons. The van der Waals surface area contributed by atoms with Gasteiger partial charge in [-0.15, -0.1) is 0 Å². The Kier molecular flexibility index (Phi) is 4.96. The summed E-state index contributed by atoms with van der Waals surface area (Å²) < 4.78 is 11.6. The van der Waals surface area contributed by atoms with E-state index >= 15 is 0 Å². The van der Waals surface area contributed by atoms with Crippen LogP contribution in [0.3, 0.4) is 0 Å². The lowest BCUT2D eigenvalue weighted by Gasteiger charge is -2.27. The number of esters is 2. The van der Waals surface area contributed by atoms with Gasteiger partial charge in [0.1, 0.15) is 11.5 Å². The molecule has 0 spiro atoms. The molecule has 32 heavy (non-hydrogen) atoms. The van der Waals surface area contributed by atoms with Crippen LogP contribution < -0.4 is 9.47 Å². The van der Waals surface area contributed by atoms with Crippen LogP contribution in [0, 0.1) is 0 Å². The molecule has 0 saturated heterocycles. The fourth-order valence-corrected chi connectivity index (χ4v) is 4.52. The highest BCUT2D eigenvalue weighted by atomic mass is 16.5. The Bertz CT molecular complexity index is 1270. The molecule has 0 N–H and O–H groups in total. The molecule has 4 aromatic carbocycles. The van der Waals surface area contributed by atoms with E-state index in [4.69, 9.17) is 9.47 Å². The van der Waals surface area contributed by atoms with Gasteiger partial charge in [-0.25, -0.2) is 0 Å². The number of ether oxygens (including phenoxy) is 2. The number of rotatable bonds is 2. The molecule has 0 amide bonds. The maximum Gasteiger partial charge on any atom is 0.308 e. The van der Waals surface area contributed by atoms with Crippen molar-refractivity contribution in [2.24, 2.45) is 0 Å². The molecule has 0 bridgehead atoms. The zero-order valence-electron chi connectivity index (χ0n) is 20.1. The van der Waals surface area contributed by atoms with Crippen LogP contribution in [0.25, 0.3) is 32.3 Å². The highest BCUT2D eigenvalue weighted by molar-refractivity contribution is 6.26. The number of carbonyl (C=O) groups is 2. The Hall–Kier alpha value is -3.14. The molecular weight excluding hydrogens is 400 g/mol. The lowest BCUT2D eigenvalue weighted by Crippen LogP contribution is -2.16. The lowest BCUT2D eigenvalue weighted by molar-refractivity contribution is -0.132. The van der Waals surface area contributed by atoms with Crippen LogP contribution in [-0.2, 0) is 20.4 Å². The summed E-state index contributed by atoms with van der Waals surface area (Å²) in [5.41, 5.74) is 1.54. The first-order chi connectivity index (χ1) is 14.8. The Morgan fingerprint density at radius 2 is 0.969 bits per heavy atom. The van der Waals surface area contributed by atoms with E-state index in [1.165, 1.54) is 13.8 Å². The summed E-state index contributed by atoms with van der Waals surface area (Å²) in [5, 5.41) is 5.93. The van der Waals surface area contributed by atoms with Crippen molar-refractivity contribution in [3.05, 3.63) is 47.5 Å². The predicted octanol–water partition coefficient (Wildman–Crippen LogP) is 7.03. The van der Waals surface area contributed by atoms with Gasteiger partial charge in [0.15, 0.2) is 0 Å². The first-order valence-electron chi connectivity index (χ1n) is 11.0. The molecule has 0 atom stereocenters. The predicted molar refractivity (Wildman–Crippen MR) is 130 cm³/mol. The number of hydrogen-bond acceptors (Lipinski definition) is 4. The van der Waals surface area contributed by atoms with Gasteiger partial charge in [-0.2, -0.15) is 0 Å². The molecule has 4 nitrogen and oxygen atoms in total. The van der Waals surface area contributed by atoms with Gasteiger partial charge in [0.05, 0.1) is 0 Å². The van der Waals surface area contributed by atoms with Crippen LogP contribution in [0.4, 0.5) is 0 Å². The van der Waals surface area contributed by atoms with Gasteiger partial charge in [0, 0.05) is 46.5 Å². The van der Waals surface area contributed by atoms with E-state index in [1.807, 2.05) is 12.1 Å². The van der Waals surface area contributed by atoms with E-state index in [2.05, 4.69) is 65.8 Å². The molecule has 0 aliphatic carbocycles. The SMILES string of the molecule is CC(=O)Oc1c(C(C)(C)C)cc2ccc3c(OC(C)=O)c(C(C)(C)C)cc4ccc1c2c43. The summed E-state index contributed by atoms with van der Waals surface area (Å²) in [6.45, 7) is 15.5. The molecule has 0 radical (unpaired) electrons. The lowest BCUT2D eigenvalue weighted by atomic mass is 9.80. The second kappa shape index (κ2) is 7.19. The zero-order chi connectivity index (χ0) is 23.6. The van der Waals surface area contributed by atoms with Crippen LogP contribution in [0.2, 0.25) is 0 Å². The van der Waals surface area contributed by atoms with Crippen molar-refractivity contribution in [3.8, 4) is 11.5 Å². The third-order valence-electron chi connectivity index (χ3n) is 5.91. The normalized spacial score (nSPS) is 12.6. The van der Waals surface area contributed by atoms with Crippen molar-refractivity contribution in [3.63, 3.8) is 0 Å². The molecule has 0 saturated carbocycles. The van der Waals surface area contributed by atoms with Gasteiger partial charge in [0.2, 0.25) is 0 Å². The summed E-state index contributed by atoms with van der Waals surface area (Å²) in [6.07, 6.45) is 0. The summed E-state index contributed by atoms with van der Waals surface area (Å²) in [7, 11) is 0. The second-order valence-corrected chi connectivity index (χ2v) is 10.6. The first kappa shape index (κ1) is 22.1. The van der Waals surface area contributed by atoms with Crippen LogP contribution in [0.15, 0.2) is 36.4 Å². The standard InChI is InChI=1S/C28H30O4/c1-15(29)31-25-19-11-9-18-14-22(28(6,7)8)26(32-16(2)30)20-12-10-17(23(19)24(18)20)13-21(25)27(3,4)5/h9-14H,1-8H3. The van der Waals surface area contributed by atoms with E-state index in [0.717, 1.165) is 43.4 Å². The van der Waals surface area contributed by atoms with E-state index in [9.17, 15) is 9.59 Å². The van der Waals surface area contributed by atoms with Gasteiger partial charge in [-0.3, -0.25) is 9.59 Å². The largest absolute Gasteiger partial charge is 0.426 e. The van der Waals surface area contributed by atoms with Crippen molar-refractivity contribution in [1.29, 1.82) is 0 Å². The van der Waals surface area contributed by atoms with Gasteiger partial charge < -0.3 is 9.47 Å². The Balaban J connectivity index is 2.22. The van der Waals surface area contributed by atoms with Crippen molar-refractivity contribution in [2.75, 3.05) is 0 Å². The summed E-state index contributed by atoms with van der Waals surface area (Å²) in [6, 6.07) is 12.4. The molecule has 0 aliphatic heterocycles. The fourth-order valence-electron chi connectivity index (χ4n) is 4.52. The van der Waals surface area contributed by atoms with E-state index in [1.54, 1.807) is 0 Å². The molecule has 0 aliphatic rings. The minimum Gasteiger partial charge on any atom is -0.426 e. The Labute approximate surface area is 188 Å².